The number of H-pyrrole nitrogens is 1. The van der Waals surface area contributed by atoms with E-state index < -0.39 is 0 Å². The Morgan fingerprint density at radius 1 is 1.32 bits per heavy atom. The van der Waals surface area contributed by atoms with Crippen LogP contribution in [0, 0.1) is 0 Å². The Morgan fingerprint density at radius 3 is 3.08 bits per heavy atom. The van der Waals surface area contributed by atoms with E-state index >= 15 is 0 Å². The molecule has 1 saturated heterocycles. The number of likely N-dealkylation sites (tertiary alicyclic amines) is 1. The third kappa shape index (κ3) is 3.02. The molecule has 1 fully saturated rings. The van der Waals surface area contributed by atoms with Gasteiger partial charge in [0.1, 0.15) is 29.2 Å². The third-order valence-electron chi connectivity index (χ3n) is 5.26. The Bertz CT molecular complexity index is 875. The molecule has 0 bridgehead atoms. The predicted octanol–water partition coefficient (Wildman–Crippen LogP) is 1.99. The van der Waals surface area contributed by atoms with Crippen molar-refractivity contribution in [1.29, 1.82) is 0 Å². The van der Waals surface area contributed by atoms with E-state index in [-0.39, 0.29) is 0 Å². The summed E-state index contributed by atoms with van der Waals surface area (Å²) in [6, 6.07) is 6.76. The van der Waals surface area contributed by atoms with Crippen LogP contribution in [0.5, 0.6) is 5.75 Å². The molecule has 1 aromatic carbocycles. The molecule has 0 aliphatic carbocycles. The van der Waals surface area contributed by atoms with E-state index in [1.165, 1.54) is 25.9 Å². The summed E-state index contributed by atoms with van der Waals surface area (Å²) in [6.07, 6.45) is 4.25. The lowest BCUT2D eigenvalue weighted by Gasteiger charge is -2.20. The smallest absolute Gasteiger partial charge is 0.154 e. The lowest BCUT2D eigenvalue weighted by molar-refractivity contribution is -0.908. The van der Waals surface area contributed by atoms with Gasteiger partial charge in [-0.25, -0.2) is 9.97 Å². The molecule has 0 radical (unpaired) electrons. The number of rotatable bonds is 6. The number of aromatic nitrogens is 3. The second-order valence-corrected chi connectivity index (χ2v) is 6.69. The first-order chi connectivity index (χ1) is 12.3. The number of benzene rings is 1. The summed E-state index contributed by atoms with van der Waals surface area (Å²) >= 11 is 0. The van der Waals surface area contributed by atoms with Gasteiger partial charge < -0.3 is 19.9 Å². The zero-order chi connectivity index (χ0) is 17.2. The van der Waals surface area contributed by atoms with Crippen LogP contribution in [0.3, 0.4) is 0 Å². The first-order valence-electron chi connectivity index (χ1n) is 9.27. The normalized spacial score (nSPS) is 20.4. The maximum atomic E-state index is 5.63. The van der Waals surface area contributed by atoms with Gasteiger partial charge in [-0.3, -0.25) is 0 Å². The van der Waals surface area contributed by atoms with Crippen molar-refractivity contribution in [1.82, 2.24) is 15.0 Å². The van der Waals surface area contributed by atoms with Gasteiger partial charge in [-0.15, -0.1) is 0 Å². The SMILES string of the molecule is CCOc1ccc2[nH]c3c(NC[C@H]4CCC[NH+]4CC)ncnc3c2c1. The van der Waals surface area contributed by atoms with Crippen LogP contribution in [0.2, 0.25) is 0 Å². The summed E-state index contributed by atoms with van der Waals surface area (Å²) in [5, 5.41) is 4.64. The van der Waals surface area contributed by atoms with Crippen molar-refractivity contribution in [3.05, 3.63) is 24.5 Å². The topological polar surface area (TPSA) is 67.3 Å². The summed E-state index contributed by atoms with van der Waals surface area (Å²) in [5.41, 5.74) is 2.98. The number of likely N-dealkylation sites (N-methyl/N-ethyl adjacent to an activating group) is 1. The van der Waals surface area contributed by atoms with Gasteiger partial charge in [-0.05, 0) is 32.0 Å². The van der Waals surface area contributed by atoms with Crippen LogP contribution in [-0.2, 0) is 0 Å². The van der Waals surface area contributed by atoms with Crippen molar-refractivity contribution in [2.45, 2.75) is 32.7 Å². The highest BCUT2D eigenvalue weighted by Crippen LogP contribution is 2.30. The molecule has 25 heavy (non-hydrogen) atoms. The first kappa shape index (κ1) is 16.1. The fraction of sp³-hybridized carbons (Fsp3) is 0.474. The number of nitrogens with zero attached hydrogens (tertiary/aromatic N) is 2. The van der Waals surface area contributed by atoms with Gasteiger partial charge in [0.25, 0.3) is 0 Å². The number of quaternary nitrogens is 1. The molecular weight excluding hydrogens is 314 g/mol. The molecule has 1 aliphatic rings. The average molecular weight is 340 g/mol. The first-order valence-corrected chi connectivity index (χ1v) is 9.27. The van der Waals surface area contributed by atoms with E-state index in [0.717, 1.165) is 40.0 Å². The molecule has 4 rings (SSSR count). The van der Waals surface area contributed by atoms with Gasteiger partial charge in [-0.1, -0.05) is 0 Å². The molecule has 1 aliphatic heterocycles. The van der Waals surface area contributed by atoms with Crippen molar-refractivity contribution in [3.8, 4) is 5.75 Å². The summed E-state index contributed by atoms with van der Waals surface area (Å²) in [6.45, 7) is 8.35. The lowest BCUT2D eigenvalue weighted by Crippen LogP contribution is -3.14. The average Bonchev–Trinajstić information content (AvgIpc) is 3.24. The molecular formula is C19H26N5O+. The zero-order valence-electron chi connectivity index (χ0n) is 14.9. The molecule has 0 saturated carbocycles. The molecule has 0 amide bonds. The number of anilines is 1. The van der Waals surface area contributed by atoms with E-state index in [4.69, 9.17) is 4.74 Å². The van der Waals surface area contributed by atoms with Crippen LogP contribution in [0.25, 0.3) is 21.9 Å². The standard InChI is InChI=1S/C19H25N5O/c1-3-24-9-5-6-13(24)11-20-19-18-17(21-12-22-19)15-10-14(25-4-2)7-8-16(15)23-18/h7-8,10,12-13,23H,3-6,9,11H2,1-2H3,(H,20,21,22)/p+1/t13-/m1/s1. The molecule has 6 heteroatoms. The van der Waals surface area contributed by atoms with E-state index in [1.807, 2.05) is 25.1 Å². The minimum Gasteiger partial charge on any atom is -0.494 e. The molecule has 132 valence electrons. The highest BCUT2D eigenvalue weighted by Gasteiger charge is 2.27. The van der Waals surface area contributed by atoms with Gasteiger partial charge in [-0.2, -0.15) is 0 Å². The van der Waals surface area contributed by atoms with E-state index in [9.17, 15) is 0 Å². The number of hydrogen-bond donors (Lipinski definition) is 3. The fourth-order valence-electron chi connectivity index (χ4n) is 3.98. The maximum Gasteiger partial charge on any atom is 0.154 e. The van der Waals surface area contributed by atoms with Crippen LogP contribution in [-0.4, -0.2) is 47.2 Å². The van der Waals surface area contributed by atoms with Gasteiger partial charge >= 0.3 is 0 Å². The molecule has 1 unspecified atom stereocenters. The van der Waals surface area contributed by atoms with E-state index in [2.05, 4.69) is 27.2 Å². The highest BCUT2D eigenvalue weighted by molar-refractivity contribution is 6.08. The lowest BCUT2D eigenvalue weighted by atomic mass is 10.2. The van der Waals surface area contributed by atoms with Crippen LogP contribution >= 0.6 is 0 Å². The minimum atomic E-state index is 0.660. The van der Waals surface area contributed by atoms with Crippen molar-refractivity contribution in [3.63, 3.8) is 0 Å². The van der Waals surface area contributed by atoms with Gasteiger partial charge in [0.2, 0.25) is 0 Å². The van der Waals surface area contributed by atoms with Crippen molar-refractivity contribution < 1.29 is 9.64 Å². The number of ether oxygens (including phenoxy) is 1. The summed E-state index contributed by atoms with van der Waals surface area (Å²) in [7, 11) is 0. The van der Waals surface area contributed by atoms with Crippen LogP contribution < -0.4 is 15.0 Å². The number of fused-ring (bicyclic) bond motifs is 3. The van der Waals surface area contributed by atoms with E-state index in [1.54, 1.807) is 11.2 Å². The maximum absolute atomic E-state index is 5.63. The largest absolute Gasteiger partial charge is 0.494 e. The third-order valence-corrected chi connectivity index (χ3v) is 5.26. The Morgan fingerprint density at radius 2 is 2.24 bits per heavy atom. The second-order valence-electron chi connectivity index (χ2n) is 6.69. The second kappa shape index (κ2) is 6.88. The van der Waals surface area contributed by atoms with Gasteiger partial charge in [0.05, 0.1) is 26.2 Å². The van der Waals surface area contributed by atoms with Crippen molar-refractivity contribution in [2.75, 3.05) is 31.6 Å². The number of hydrogen-bond acceptors (Lipinski definition) is 4. The summed E-state index contributed by atoms with van der Waals surface area (Å²) in [4.78, 5) is 14.1. The molecule has 2 atom stereocenters. The monoisotopic (exact) mass is 340 g/mol. The highest BCUT2D eigenvalue weighted by atomic mass is 16.5. The van der Waals surface area contributed by atoms with Crippen molar-refractivity contribution >= 4 is 27.8 Å². The predicted molar refractivity (Wildman–Crippen MR) is 100 cm³/mol. The number of nitrogens with one attached hydrogen (secondary N) is 3. The zero-order valence-corrected chi connectivity index (χ0v) is 14.9. The number of aromatic amines is 1. The van der Waals surface area contributed by atoms with Crippen LogP contribution in [0.1, 0.15) is 26.7 Å². The van der Waals surface area contributed by atoms with Crippen LogP contribution in [0.15, 0.2) is 24.5 Å². The van der Waals surface area contributed by atoms with E-state index in [0.29, 0.717) is 12.6 Å². The van der Waals surface area contributed by atoms with Crippen LogP contribution in [0.4, 0.5) is 5.82 Å². The minimum absolute atomic E-state index is 0.660. The van der Waals surface area contributed by atoms with Crippen molar-refractivity contribution in [2.24, 2.45) is 0 Å². The summed E-state index contributed by atoms with van der Waals surface area (Å²) in [5.74, 6) is 1.76. The Kier molecular flexibility index (Phi) is 4.44. The summed E-state index contributed by atoms with van der Waals surface area (Å²) < 4.78 is 5.63. The molecule has 0 spiro atoms. The Labute approximate surface area is 147 Å². The molecule has 2 aromatic heterocycles. The van der Waals surface area contributed by atoms with Gasteiger partial charge in [0, 0.05) is 23.7 Å². The molecule has 3 N–H and O–H groups in total. The quantitative estimate of drug-likeness (QED) is 0.642. The molecule has 6 nitrogen and oxygen atoms in total. The Balaban J connectivity index is 1.64. The fourth-order valence-corrected chi connectivity index (χ4v) is 3.98. The van der Waals surface area contributed by atoms with Gasteiger partial charge in [0.15, 0.2) is 5.82 Å². The Hall–Kier alpha value is -2.34. The molecule has 3 aromatic rings. The molecule has 3 heterocycles.